The predicted octanol–water partition coefficient (Wildman–Crippen LogP) is 4.36. The topological polar surface area (TPSA) is 21.3 Å². The van der Waals surface area contributed by atoms with Crippen molar-refractivity contribution in [2.24, 2.45) is 11.8 Å². The minimum atomic E-state index is 0.717. The highest BCUT2D eigenvalue weighted by atomic mass is 16.5. The van der Waals surface area contributed by atoms with Gasteiger partial charge in [-0.05, 0) is 54.7 Å². The van der Waals surface area contributed by atoms with E-state index in [0.717, 1.165) is 29.7 Å². The molecule has 2 fully saturated rings. The Labute approximate surface area is 129 Å². The summed E-state index contributed by atoms with van der Waals surface area (Å²) in [6.45, 7) is 4.85. The maximum absolute atomic E-state index is 5.33. The van der Waals surface area contributed by atoms with Crippen LogP contribution in [0.2, 0.25) is 0 Å². The zero-order valence-electron chi connectivity index (χ0n) is 13.6. The standard InChI is InChI=1S/C19H29NO/c1-13-6-4-9-19(14(13)2)20-17-10-16(11-17)15-7-5-8-18(12-15)21-3/h5,7-8,12-14,16-17,19-20H,4,6,9-11H2,1-3H3. The van der Waals surface area contributed by atoms with Gasteiger partial charge in [-0.1, -0.05) is 38.8 Å². The Hall–Kier alpha value is -1.02. The lowest BCUT2D eigenvalue weighted by molar-refractivity contribution is 0.162. The van der Waals surface area contributed by atoms with Gasteiger partial charge in [-0.15, -0.1) is 0 Å². The molecule has 2 saturated carbocycles. The molecule has 2 aliphatic rings. The maximum atomic E-state index is 5.33. The first kappa shape index (κ1) is 14.9. The predicted molar refractivity (Wildman–Crippen MR) is 87.9 cm³/mol. The normalized spacial score (nSPS) is 36.0. The first-order valence-corrected chi connectivity index (χ1v) is 8.57. The Balaban J connectivity index is 1.51. The molecule has 1 aromatic rings. The van der Waals surface area contributed by atoms with E-state index in [1.54, 1.807) is 7.11 Å². The summed E-state index contributed by atoms with van der Waals surface area (Å²) in [5.41, 5.74) is 1.44. The molecular formula is C19H29NO. The van der Waals surface area contributed by atoms with E-state index in [0.29, 0.717) is 5.92 Å². The van der Waals surface area contributed by atoms with Gasteiger partial charge in [0.25, 0.3) is 0 Å². The Morgan fingerprint density at radius 3 is 2.71 bits per heavy atom. The Bertz CT molecular complexity index is 466. The molecule has 2 aliphatic carbocycles. The molecule has 0 saturated heterocycles. The van der Waals surface area contributed by atoms with Crippen LogP contribution in [0.3, 0.4) is 0 Å². The minimum Gasteiger partial charge on any atom is -0.497 e. The first-order chi connectivity index (χ1) is 10.2. The van der Waals surface area contributed by atoms with Crippen LogP contribution in [-0.4, -0.2) is 19.2 Å². The summed E-state index contributed by atoms with van der Waals surface area (Å²) in [6.07, 6.45) is 6.74. The Morgan fingerprint density at radius 2 is 1.95 bits per heavy atom. The van der Waals surface area contributed by atoms with Crippen LogP contribution in [0.1, 0.15) is 57.4 Å². The maximum Gasteiger partial charge on any atom is 0.119 e. The molecule has 0 bridgehead atoms. The van der Waals surface area contributed by atoms with Crippen molar-refractivity contribution in [3.63, 3.8) is 0 Å². The fourth-order valence-electron chi connectivity index (χ4n) is 4.04. The fourth-order valence-corrected chi connectivity index (χ4v) is 4.04. The average molecular weight is 287 g/mol. The van der Waals surface area contributed by atoms with Crippen LogP contribution in [0.25, 0.3) is 0 Å². The number of hydrogen-bond acceptors (Lipinski definition) is 2. The molecule has 0 amide bonds. The number of ether oxygens (including phenoxy) is 1. The van der Waals surface area contributed by atoms with Crippen molar-refractivity contribution in [1.29, 1.82) is 0 Å². The molecular weight excluding hydrogens is 258 g/mol. The molecule has 116 valence electrons. The van der Waals surface area contributed by atoms with Crippen LogP contribution in [0.15, 0.2) is 24.3 Å². The van der Waals surface area contributed by atoms with Gasteiger partial charge in [-0.25, -0.2) is 0 Å². The van der Waals surface area contributed by atoms with Gasteiger partial charge in [0.1, 0.15) is 5.75 Å². The lowest BCUT2D eigenvalue weighted by atomic mass is 9.73. The van der Waals surface area contributed by atoms with E-state index in [2.05, 4.69) is 37.4 Å². The Morgan fingerprint density at radius 1 is 1.14 bits per heavy atom. The van der Waals surface area contributed by atoms with E-state index < -0.39 is 0 Å². The van der Waals surface area contributed by atoms with E-state index >= 15 is 0 Å². The van der Waals surface area contributed by atoms with Crippen molar-refractivity contribution in [3.8, 4) is 5.75 Å². The van der Waals surface area contributed by atoms with E-state index in [4.69, 9.17) is 4.74 Å². The second-order valence-corrected chi connectivity index (χ2v) is 7.18. The monoisotopic (exact) mass is 287 g/mol. The average Bonchev–Trinajstić information content (AvgIpc) is 2.46. The van der Waals surface area contributed by atoms with Gasteiger partial charge in [-0.3, -0.25) is 0 Å². The van der Waals surface area contributed by atoms with Crippen LogP contribution in [-0.2, 0) is 0 Å². The summed E-state index contributed by atoms with van der Waals surface area (Å²) in [7, 11) is 1.75. The third-order valence-corrected chi connectivity index (χ3v) is 5.86. The first-order valence-electron chi connectivity index (χ1n) is 8.57. The molecule has 2 heteroatoms. The molecule has 3 unspecified atom stereocenters. The van der Waals surface area contributed by atoms with Crippen LogP contribution in [0.4, 0.5) is 0 Å². The second kappa shape index (κ2) is 6.39. The van der Waals surface area contributed by atoms with Crippen molar-refractivity contribution in [1.82, 2.24) is 5.32 Å². The van der Waals surface area contributed by atoms with Crippen molar-refractivity contribution in [2.75, 3.05) is 7.11 Å². The largest absolute Gasteiger partial charge is 0.497 e. The third-order valence-electron chi connectivity index (χ3n) is 5.86. The van der Waals surface area contributed by atoms with Gasteiger partial charge in [0.2, 0.25) is 0 Å². The summed E-state index contributed by atoms with van der Waals surface area (Å²) in [4.78, 5) is 0. The molecule has 0 aliphatic heterocycles. The molecule has 3 atom stereocenters. The third kappa shape index (κ3) is 3.26. The smallest absolute Gasteiger partial charge is 0.119 e. The molecule has 1 aromatic carbocycles. The lowest BCUT2D eigenvalue weighted by Crippen LogP contribution is -2.50. The van der Waals surface area contributed by atoms with Gasteiger partial charge in [0.05, 0.1) is 7.11 Å². The number of rotatable bonds is 4. The highest BCUT2D eigenvalue weighted by Crippen LogP contribution is 2.39. The Kier molecular flexibility index (Phi) is 4.54. The molecule has 0 aromatic heterocycles. The van der Waals surface area contributed by atoms with Gasteiger partial charge in [-0.2, -0.15) is 0 Å². The highest BCUT2D eigenvalue weighted by Gasteiger charge is 2.35. The summed E-state index contributed by atoms with van der Waals surface area (Å²) < 4.78 is 5.33. The fraction of sp³-hybridized carbons (Fsp3) is 0.684. The lowest BCUT2D eigenvalue weighted by Gasteiger charge is -2.43. The van der Waals surface area contributed by atoms with Crippen molar-refractivity contribution < 1.29 is 4.74 Å². The molecule has 0 spiro atoms. The molecule has 3 rings (SSSR count). The quantitative estimate of drug-likeness (QED) is 0.888. The molecule has 1 N–H and O–H groups in total. The number of benzene rings is 1. The molecule has 2 nitrogen and oxygen atoms in total. The SMILES string of the molecule is COc1cccc(C2CC(NC3CCCC(C)C3C)C2)c1. The highest BCUT2D eigenvalue weighted by molar-refractivity contribution is 5.32. The minimum absolute atomic E-state index is 0.717. The number of methoxy groups -OCH3 is 1. The number of nitrogens with one attached hydrogen (secondary N) is 1. The van der Waals surface area contributed by atoms with Crippen LogP contribution < -0.4 is 10.1 Å². The van der Waals surface area contributed by atoms with E-state index in [1.807, 2.05) is 6.07 Å². The zero-order chi connectivity index (χ0) is 14.8. The summed E-state index contributed by atoms with van der Waals surface area (Å²) in [5, 5.41) is 3.93. The van der Waals surface area contributed by atoms with Crippen molar-refractivity contribution in [2.45, 2.75) is 64.0 Å². The van der Waals surface area contributed by atoms with Gasteiger partial charge >= 0.3 is 0 Å². The van der Waals surface area contributed by atoms with Crippen LogP contribution in [0.5, 0.6) is 5.75 Å². The van der Waals surface area contributed by atoms with Gasteiger partial charge in [0.15, 0.2) is 0 Å². The number of hydrogen-bond donors (Lipinski definition) is 1. The second-order valence-electron chi connectivity index (χ2n) is 7.18. The zero-order valence-corrected chi connectivity index (χ0v) is 13.6. The van der Waals surface area contributed by atoms with E-state index in [1.165, 1.54) is 37.7 Å². The summed E-state index contributed by atoms with van der Waals surface area (Å²) in [5.74, 6) is 3.41. The molecule has 0 radical (unpaired) electrons. The summed E-state index contributed by atoms with van der Waals surface area (Å²) in [6, 6.07) is 10.0. The van der Waals surface area contributed by atoms with Crippen LogP contribution >= 0.6 is 0 Å². The summed E-state index contributed by atoms with van der Waals surface area (Å²) >= 11 is 0. The molecule has 0 heterocycles. The van der Waals surface area contributed by atoms with Crippen molar-refractivity contribution >= 4 is 0 Å². The van der Waals surface area contributed by atoms with E-state index in [9.17, 15) is 0 Å². The van der Waals surface area contributed by atoms with Crippen LogP contribution in [0, 0.1) is 11.8 Å². The van der Waals surface area contributed by atoms with E-state index in [-0.39, 0.29) is 0 Å². The van der Waals surface area contributed by atoms with Crippen molar-refractivity contribution in [3.05, 3.63) is 29.8 Å². The van der Waals surface area contributed by atoms with Gasteiger partial charge < -0.3 is 10.1 Å². The molecule has 21 heavy (non-hydrogen) atoms. The van der Waals surface area contributed by atoms with Gasteiger partial charge in [0, 0.05) is 12.1 Å².